The standard InChI is InChI=1S/C15H22O10/c1-6(16)22-11-10(20)12(23-7(2)17)14(24-8(3)18)15(13(11)21-5)25-9(4)19/h10-15,20H,1-5H3. The summed E-state index contributed by atoms with van der Waals surface area (Å²) in [6, 6.07) is 0. The summed E-state index contributed by atoms with van der Waals surface area (Å²) in [5.74, 6) is -3.00. The second kappa shape index (κ2) is 8.77. The molecule has 0 spiro atoms. The van der Waals surface area contributed by atoms with Crippen LogP contribution in [0, 0.1) is 0 Å². The van der Waals surface area contributed by atoms with Crippen LogP contribution in [-0.2, 0) is 42.9 Å². The van der Waals surface area contributed by atoms with Gasteiger partial charge in [-0.15, -0.1) is 0 Å². The number of aliphatic hydroxyl groups excluding tert-OH is 1. The Bertz CT molecular complexity index is 530. The first-order valence-corrected chi connectivity index (χ1v) is 7.48. The Balaban J connectivity index is 3.34. The average molecular weight is 362 g/mol. The van der Waals surface area contributed by atoms with Gasteiger partial charge in [-0.05, 0) is 0 Å². The largest absolute Gasteiger partial charge is 0.457 e. The number of carbonyl (C=O) groups is 4. The Labute approximate surface area is 144 Å². The van der Waals surface area contributed by atoms with Gasteiger partial charge < -0.3 is 28.8 Å². The third-order valence-corrected chi connectivity index (χ3v) is 3.45. The molecule has 0 radical (unpaired) electrons. The fraction of sp³-hybridized carbons (Fsp3) is 0.733. The second-order valence-electron chi connectivity index (χ2n) is 5.49. The van der Waals surface area contributed by atoms with E-state index < -0.39 is 60.5 Å². The van der Waals surface area contributed by atoms with Crippen LogP contribution in [0.2, 0.25) is 0 Å². The number of esters is 4. The number of aliphatic hydroxyl groups is 1. The number of ether oxygens (including phenoxy) is 5. The van der Waals surface area contributed by atoms with E-state index >= 15 is 0 Å². The van der Waals surface area contributed by atoms with Gasteiger partial charge in [0.2, 0.25) is 0 Å². The second-order valence-corrected chi connectivity index (χ2v) is 5.49. The molecule has 6 atom stereocenters. The van der Waals surface area contributed by atoms with Crippen LogP contribution in [0.4, 0.5) is 0 Å². The third kappa shape index (κ3) is 5.40. The number of carbonyl (C=O) groups excluding carboxylic acids is 4. The van der Waals surface area contributed by atoms with Crippen LogP contribution in [0.5, 0.6) is 0 Å². The number of hydrogen-bond donors (Lipinski definition) is 1. The van der Waals surface area contributed by atoms with Crippen LogP contribution in [0.25, 0.3) is 0 Å². The fourth-order valence-electron chi connectivity index (χ4n) is 2.71. The molecule has 0 saturated heterocycles. The van der Waals surface area contributed by atoms with Crippen LogP contribution < -0.4 is 0 Å². The first kappa shape index (κ1) is 20.8. The van der Waals surface area contributed by atoms with Crippen molar-refractivity contribution in [3.8, 4) is 0 Å². The predicted octanol–water partition coefficient (Wildman–Crippen LogP) is -0.897. The van der Waals surface area contributed by atoms with Crippen molar-refractivity contribution in [1.82, 2.24) is 0 Å². The fourth-order valence-corrected chi connectivity index (χ4v) is 2.71. The monoisotopic (exact) mass is 362 g/mol. The maximum absolute atomic E-state index is 11.4. The quantitative estimate of drug-likeness (QED) is 0.484. The summed E-state index contributed by atoms with van der Waals surface area (Å²) in [7, 11) is 1.24. The maximum atomic E-state index is 11.4. The molecule has 142 valence electrons. The molecule has 10 heteroatoms. The van der Waals surface area contributed by atoms with Gasteiger partial charge in [-0.2, -0.15) is 0 Å². The highest BCUT2D eigenvalue weighted by Gasteiger charge is 2.57. The summed E-state index contributed by atoms with van der Waals surface area (Å²) in [5.41, 5.74) is 0. The van der Waals surface area contributed by atoms with Gasteiger partial charge in [0, 0.05) is 34.8 Å². The van der Waals surface area contributed by atoms with Gasteiger partial charge in [0.05, 0.1) is 0 Å². The highest BCUT2D eigenvalue weighted by atomic mass is 16.6. The van der Waals surface area contributed by atoms with E-state index in [-0.39, 0.29) is 0 Å². The van der Waals surface area contributed by atoms with E-state index in [1.807, 2.05) is 0 Å². The Hall–Kier alpha value is -2.20. The van der Waals surface area contributed by atoms with Crippen molar-refractivity contribution in [2.75, 3.05) is 7.11 Å². The number of methoxy groups -OCH3 is 1. The van der Waals surface area contributed by atoms with Crippen LogP contribution in [-0.4, -0.2) is 72.7 Å². The van der Waals surface area contributed by atoms with E-state index in [0.29, 0.717) is 0 Å². The molecular weight excluding hydrogens is 340 g/mol. The molecule has 0 aliphatic heterocycles. The zero-order valence-electron chi connectivity index (χ0n) is 14.6. The van der Waals surface area contributed by atoms with Crippen molar-refractivity contribution >= 4 is 23.9 Å². The van der Waals surface area contributed by atoms with Crippen molar-refractivity contribution in [3.05, 3.63) is 0 Å². The summed E-state index contributed by atoms with van der Waals surface area (Å²) >= 11 is 0. The molecule has 1 N–H and O–H groups in total. The minimum absolute atomic E-state index is 0.733. The predicted molar refractivity (Wildman–Crippen MR) is 79.0 cm³/mol. The summed E-state index contributed by atoms with van der Waals surface area (Å²) in [6.07, 6.45) is -8.10. The molecule has 0 heterocycles. The van der Waals surface area contributed by atoms with Gasteiger partial charge in [0.25, 0.3) is 0 Å². The first-order valence-electron chi connectivity index (χ1n) is 7.48. The molecule has 0 aromatic heterocycles. The molecule has 0 bridgehead atoms. The molecule has 1 saturated carbocycles. The highest BCUT2D eigenvalue weighted by Crippen LogP contribution is 2.32. The SMILES string of the molecule is COC1C(OC(C)=O)C(O)C(OC(C)=O)C(OC(C)=O)C1OC(C)=O. The van der Waals surface area contributed by atoms with Gasteiger partial charge in [-0.1, -0.05) is 0 Å². The summed E-state index contributed by atoms with van der Waals surface area (Å²) in [6.45, 7) is 4.41. The molecule has 1 aliphatic rings. The van der Waals surface area contributed by atoms with Crippen LogP contribution in [0.3, 0.4) is 0 Å². The first-order chi connectivity index (χ1) is 11.6. The zero-order valence-corrected chi connectivity index (χ0v) is 14.6. The molecule has 0 aromatic rings. The summed E-state index contributed by atoms with van der Waals surface area (Å²) < 4.78 is 25.5. The smallest absolute Gasteiger partial charge is 0.303 e. The lowest BCUT2D eigenvalue weighted by Gasteiger charge is -2.45. The number of hydrogen-bond acceptors (Lipinski definition) is 10. The highest BCUT2D eigenvalue weighted by molar-refractivity contribution is 5.69. The van der Waals surface area contributed by atoms with Crippen LogP contribution in [0.15, 0.2) is 0 Å². The van der Waals surface area contributed by atoms with E-state index in [1.165, 1.54) is 7.11 Å². The van der Waals surface area contributed by atoms with Crippen LogP contribution >= 0.6 is 0 Å². The van der Waals surface area contributed by atoms with Gasteiger partial charge in [-0.3, -0.25) is 19.2 Å². The summed E-state index contributed by atoms with van der Waals surface area (Å²) in [5, 5.41) is 10.5. The van der Waals surface area contributed by atoms with Crippen molar-refractivity contribution < 1.29 is 48.0 Å². The van der Waals surface area contributed by atoms with Gasteiger partial charge in [-0.25, -0.2) is 0 Å². The van der Waals surface area contributed by atoms with Crippen molar-refractivity contribution in [2.45, 2.75) is 64.3 Å². The Morgan fingerprint density at radius 3 is 1.20 bits per heavy atom. The van der Waals surface area contributed by atoms with Crippen molar-refractivity contribution in [1.29, 1.82) is 0 Å². The van der Waals surface area contributed by atoms with Crippen molar-refractivity contribution in [2.24, 2.45) is 0 Å². The molecule has 1 aliphatic carbocycles. The van der Waals surface area contributed by atoms with E-state index in [1.54, 1.807) is 0 Å². The minimum Gasteiger partial charge on any atom is -0.457 e. The molecule has 6 unspecified atom stereocenters. The molecule has 1 rings (SSSR count). The van der Waals surface area contributed by atoms with Gasteiger partial charge in [0.1, 0.15) is 12.2 Å². The van der Waals surface area contributed by atoms with E-state index in [4.69, 9.17) is 23.7 Å². The third-order valence-electron chi connectivity index (χ3n) is 3.45. The molecule has 1 fully saturated rings. The number of rotatable bonds is 5. The molecule has 25 heavy (non-hydrogen) atoms. The Morgan fingerprint density at radius 1 is 0.600 bits per heavy atom. The maximum Gasteiger partial charge on any atom is 0.303 e. The van der Waals surface area contributed by atoms with Gasteiger partial charge >= 0.3 is 23.9 Å². The average Bonchev–Trinajstić information content (AvgIpc) is 2.46. The molecule has 0 amide bonds. The minimum atomic E-state index is -1.58. The van der Waals surface area contributed by atoms with Crippen molar-refractivity contribution in [3.63, 3.8) is 0 Å². The van der Waals surface area contributed by atoms with E-state index in [9.17, 15) is 24.3 Å². The lowest BCUT2D eigenvalue weighted by atomic mass is 9.84. The molecular formula is C15H22O10. The normalized spacial score (nSPS) is 31.6. The lowest BCUT2D eigenvalue weighted by molar-refractivity contribution is -0.254. The Kier molecular flexibility index (Phi) is 7.31. The molecule has 10 nitrogen and oxygen atoms in total. The van der Waals surface area contributed by atoms with E-state index in [0.717, 1.165) is 27.7 Å². The van der Waals surface area contributed by atoms with Crippen LogP contribution in [0.1, 0.15) is 27.7 Å². The van der Waals surface area contributed by atoms with Gasteiger partial charge in [0.15, 0.2) is 24.4 Å². The topological polar surface area (TPSA) is 135 Å². The van der Waals surface area contributed by atoms with E-state index in [2.05, 4.69) is 0 Å². The Morgan fingerprint density at radius 2 is 0.880 bits per heavy atom. The lowest BCUT2D eigenvalue weighted by Crippen LogP contribution is -2.67. The summed E-state index contributed by atoms with van der Waals surface area (Å²) in [4.78, 5) is 45.6. The zero-order chi connectivity index (χ0) is 19.3. The molecule has 0 aromatic carbocycles.